The van der Waals surface area contributed by atoms with E-state index in [9.17, 15) is 14.4 Å². The fourth-order valence-corrected chi connectivity index (χ4v) is 7.89. The van der Waals surface area contributed by atoms with E-state index in [4.69, 9.17) is 14.2 Å². The van der Waals surface area contributed by atoms with Crippen molar-refractivity contribution < 1.29 is 28.6 Å². The average molecular weight is 986 g/mol. The third kappa shape index (κ3) is 46.4. The van der Waals surface area contributed by atoms with Crippen LogP contribution in [-0.4, -0.2) is 43.1 Å². The van der Waals surface area contributed by atoms with E-state index in [1.807, 2.05) is 0 Å². The van der Waals surface area contributed by atoms with Gasteiger partial charge in [0.05, 0.1) is 5.41 Å². The quantitative estimate of drug-likeness (QED) is 0.0199. The smallest absolute Gasteiger partial charge is 0.305 e. The molecule has 0 saturated carbocycles. The van der Waals surface area contributed by atoms with Gasteiger partial charge in [0.2, 0.25) is 0 Å². The number of rotatable bonds is 49. The fraction of sp³-hybridized carbons (Fsp3) is 0.746. The van der Waals surface area contributed by atoms with Crippen molar-refractivity contribution in [2.45, 2.75) is 252 Å². The van der Waals surface area contributed by atoms with Gasteiger partial charge in [0.25, 0.3) is 0 Å². The summed E-state index contributed by atoms with van der Waals surface area (Å²) in [6.45, 7) is 6.77. The molecule has 0 heterocycles. The number of hydrogen-bond donors (Lipinski definition) is 0. The third-order valence-electron chi connectivity index (χ3n) is 11.9. The van der Waals surface area contributed by atoms with E-state index in [1.165, 1.54) is 77.0 Å². The van der Waals surface area contributed by atoms with Crippen molar-refractivity contribution in [1.82, 2.24) is 0 Å². The lowest BCUT2D eigenvalue weighted by Crippen LogP contribution is -2.41. The van der Waals surface area contributed by atoms with Gasteiger partial charge >= 0.3 is 17.9 Å². The number of unbranched alkanes of at least 4 members (excludes halogenated alkanes) is 24. The maximum atomic E-state index is 12.9. The molecule has 0 spiro atoms. The minimum Gasteiger partial charge on any atom is -0.465 e. The summed E-state index contributed by atoms with van der Waals surface area (Å²) in [4.78, 5) is 38.6. The zero-order chi connectivity index (χ0) is 48.1. The van der Waals surface area contributed by atoms with Crippen LogP contribution in [0, 0.1) is 5.41 Å². The van der Waals surface area contributed by atoms with Crippen LogP contribution in [-0.2, 0) is 28.6 Å². The van der Waals surface area contributed by atoms with Crippen molar-refractivity contribution in [3.8, 4) is 0 Å². The first-order valence-corrected chi connectivity index (χ1v) is 28.5. The molecule has 380 valence electrons. The van der Waals surface area contributed by atoms with E-state index in [0.29, 0.717) is 24.6 Å². The van der Waals surface area contributed by atoms with Gasteiger partial charge in [-0.25, -0.2) is 0 Å². The monoisotopic (exact) mass is 985 g/mol. The number of ether oxygens (including phenoxy) is 3. The zero-order valence-electron chi connectivity index (χ0n) is 43.0. The summed E-state index contributed by atoms with van der Waals surface area (Å²) in [6, 6.07) is 0. The molecular formula is C59H101BrO6. The van der Waals surface area contributed by atoms with Gasteiger partial charge in [-0.15, -0.1) is 0 Å². The highest BCUT2D eigenvalue weighted by Gasteiger charge is 2.35. The molecule has 0 rings (SSSR count). The second-order valence-corrected chi connectivity index (χ2v) is 19.1. The van der Waals surface area contributed by atoms with Crippen LogP contribution in [0.3, 0.4) is 0 Å². The number of halogens is 1. The van der Waals surface area contributed by atoms with Gasteiger partial charge < -0.3 is 14.2 Å². The van der Waals surface area contributed by atoms with E-state index in [1.54, 1.807) is 0 Å². The van der Waals surface area contributed by atoms with Crippen molar-refractivity contribution in [2.24, 2.45) is 5.41 Å². The number of allylic oxidation sites excluding steroid dienone is 12. The van der Waals surface area contributed by atoms with Gasteiger partial charge in [-0.05, 0) is 116 Å². The molecule has 66 heavy (non-hydrogen) atoms. The minimum atomic E-state index is -0.851. The summed E-state index contributed by atoms with van der Waals surface area (Å²) in [5, 5.41) is 0.366. The Hall–Kier alpha value is -2.67. The molecule has 0 aromatic carbocycles. The maximum Gasteiger partial charge on any atom is 0.305 e. The fourth-order valence-electron chi connectivity index (χ4n) is 7.40. The van der Waals surface area contributed by atoms with Gasteiger partial charge in [-0.2, -0.15) is 0 Å². The summed E-state index contributed by atoms with van der Waals surface area (Å²) in [5.74, 6) is -0.795. The van der Waals surface area contributed by atoms with Crippen LogP contribution in [0.4, 0.5) is 0 Å². The molecule has 0 aliphatic carbocycles. The Morgan fingerprint density at radius 1 is 0.333 bits per heavy atom. The van der Waals surface area contributed by atoms with Crippen LogP contribution in [0.2, 0.25) is 0 Å². The molecule has 0 aromatic heterocycles. The van der Waals surface area contributed by atoms with Crippen molar-refractivity contribution in [2.75, 3.05) is 25.2 Å². The second kappa shape index (κ2) is 51.7. The van der Waals surface area contributed by atoms with Crippen molar-refractivity contribution in [3.05, 3.63) is 72.9 Å². The molecule has 0 unspecified atom stereocenters. The van der Waals surface area contributed by atoms with Gasteiger partial charge in [-0.1, -0.05) is 206 Å². The molecule has 7 heteroatoms. The first-order valence-electron chi connectivity index (χ1n) is 27.4. The molecule has 0 aromatic rings. The third-order valence-corrected chi connectivity index (χ3v) is 13.1. The number of hydrogen-bond acceptors (Lipinski definition) is 6. The van der Waals surface area contributed by atoms with E-state index in [0.717, 1.165) is 135 Å². The van der Waals surface area contributed by atoms with Crippen molar-refractivity contribution in [1.29, 1.82) is 0 Å². The Labute approximate surface area is 415 Å². The molecule has 0 fully saturated rings. The molecule has 0 aliphatic heterocycles. The molecule has 6 nitrogen and oxygen atoms in total. The molecule has 0 saturated heterocycles. The Morgan fingerprint density at radius 3 is 0.803 bits per heavy atom. The number of alkyl halides is 1. The SMILES string of the molecule is CCCCC/C=C\C/C=C\CCCCCCCC(=O)OCC(CBr)(COC(=O)CCCCCCC/C=C\C/C=C\CCCCC)COC(=O)CCCCCCC/C=C\C/C=C\CCCCC. The summed E-state index contributed by atoms with van der Waals surface area (Å²) in [5.41, 5.74) is -0.851. The van der Waals surface area contributed by atoms with Crippen LogP contribution >= 0.6 is 15.9 Å². The lowest BCUT2D eigenvalue weighted by molar-refractivity contribution is -0.160. The molecule has 0 radical (unpaired) electrons. The lowest BCUT2D eigenvalue weighted by atomic mass is 9.94. The van der Waals surface area contributed by atoms with Gasteiger partial charge in [0.1, 0.15) is 19.8 Å². The highest BCUT2D eigenvalue weighted by atomic mass is 79.9. The molecule has 0 aliphatic rings. The summed E-state index contributed by atoms with van der Waals surface area (Å²) >= 11 is 3.59. The Kier molecular flexibility index (Phi) is 49.6. The largest absolute Gasteiger partial charge is 0.465 e. The van der Waals surface area contributed by atoms with Gasteiger partial charge in [0.15, 0.2) is 0 Å². The van der Waals surface area contributed by atoms with E-state index < -0.39 is 5.41 Å². The van der Waals surface area contributed by atoms with E-state index >= 15 is 0 Å². The maximum absolute atomic E-state index is 12.9. The van der Waals surface area contributed by atoms with E-state index in [-0.39, 0.29) is 37.7 Å². The lowest BCUT2D eigenvalue weighted by Gasteiger charge is -2.30. The molecule has 0 N–H and O–H groups in total. The summed E-state index contributed by atoms with van der Waals surface area (Å²) < 4.78 is 17.3. The van der Waals surface area contributed by atoms with Crippen LogP contribution in [0.15, 0.2) is 72.9 Å². The topological polar surface area (TPSA) is 78.9 Å². The standard InChI is InChI=1S/C59H101BrO6/c1-4-7-10-13-16-19-22-25-28-31-34-37-40-43-46-49-56(61)64-53-59(52-60,54-65-57(62)50-47-44-41-38-35-32-29-26-23-20-17-14-11-8-5-2)55-66-58(63)51-48-45-42-39-36-33-30-27-24-21-18-15-12-9-6-3/h16-21,25-30H,4-15,22-24,31-55H2,1-3H3/b19-16-,20-17-,21-18-,28-25-,29-26-,30-27-. The highest BCUT2D eigenvalue weighted by Crippen LogP contribution is 2.25. The second-order valence-electron chi connectivity index (χ2n) is 18.6. The van der Waals surface area contributed by atoms with Crippen LogP contribution in [0.1, 0.15) is 252 Å². The molecule has 0 bridgehead atoms. The molecular weight excluding hydrogens is 885 g/mol. The van der Waals surface area contributed by atoms with Gasteiger partial charge in [0, 0.05) is 24.6 Å². The Balaban J connectivity index is 4.69. The predicted molar refractivity (Wildman–Crippen MR) is 287 cm³/mol. The normalized spacial score (nSPS) is 12.4. The summed E-state index contributed by atoms with van der Waals surface area (Å²) in [7, 11) is 0. The molecule has 0 atom stereocenters. The van der Waals surface area contributed by atoms with Crippen LogP contribution in [0.5, 0.6) is 0 Å². The minimum absolute atomic E-state index is 0.0191. The summed E-state index contributed by atoms with van der Waals surface area (Å²) in [6.07, 6.45) is 65.5. The van der Waals surface area contributed by atoms with Crippen LogP contribution in [0.25, 0.3) is 0 Å². The van der Waals surface area contributed by atoms with Gasteiger partial charge in [-0.3, -0.25) is 14.4 Å². The number of esters is 3. The average Bonchev–Trinajstić information content (AvgIpc) is 3.32. The zero-order valence-corrected chi connectivity index (χ0v) is 44.6. The van der Waals surface area contributed by atoms with Crippen molar-refractivity contribution >= 4 is 33.8 Å². The highest BCUT2D eigenvalue weighted by molar-refractivity contribution is 9.09. The number of carbonyl (C=O) groups is 3. The Bertz CT molecular complexity index is 1130. The molecule has 0 amide bonds. The number of carbonyl (C=O) groups excluding carboxylic acids is 3. The van der Waals surface area contributed by atoms with E-state index in [2.05, 4.69) is 110 Å². The first-order chi connectivity index (χ1) is 32.4. The predicted octanol–water partition coefficient (Wildman–Crippen LogP) is 18.4. The first kappa shape index (κ1) is 63.3. The van der Waals surface area contributed by atoms with Crippen molar-refractivity contribution in [3.63, 3.8) is 0 Å². The van der Waals surface area contributed by atoms with Crippen LogP contribution < -0.4 is 0 Å². The Morgan fingerprint density at radius 2 is 0.561 bits per heavy atom.